The van der Waals surface area contributed by atoms with Crippen LogP contribution < -0.4 is 0 Å². The lowest BCUT2D eigenvalue weighted by molar-refractivity contribution is -0.923. The summed E-state index contributed by atoms with van der Waals surface area (Å²) in [6.07, 6.45) is 7.00. The first-order valence-corrected chi connectivity index (χ1v) is 9.00. The van der Waals surface area contributed by atoms with E-state index in [1.165, 1.54) is 45.3 Å². The van der Waals surface area contributed by atoms with Crippen LogP contribution in [0.15, 0.2) is 0 Å². The summed E-state index contributed by atoms with van der Waals surface area (Å²) in [4.78, 5) is 11.6. The Balaban J connectivity index is 0.000000567. The molecule has 0 spiro atoms. The van der Waals surface area contributed by atoms with Gasteiger partial charge in [-0.3, -0.25) is 8.98 Å². The van der Waals surface area contributed by atoms with E-state index >= 15 is 0 Å². The van der Waals surface area contributed by atoms with Crippen molar-refractivity contribution in [2.24, 2.45) is 0 Å². The Bertz CT molecular complexity index is 386. The van der Waals surface area contributed by atoms with Gasteiger partial charge in [-0.15, -0.1) is 0 Å². The minimum absolute atomic E-state index is 0.494. The van der Waals surface area contributed by atoms with E-state index < -0.39 is 10.4 Å². The molecular weight excluding hydrogens is 294 g/mol. The third-order valence-electron chi connectivity index (χ3n) is 3.78. The smallest absolute Gasteiger partial charge is 0.217 e. The summed E-state index contributed by atoms with van der Waals surface area (Å²) >= 11 is 0. The van der Waals surface area contributed by atoms with Crippen LogP contribution >= 0.6 is 0 Å². The number of hydrogen-bond donors (Lipinski definition) is 0. The van der Waals surface area contributed by atoms with E-state index in [0.29, 0.717) is 5.78 Å². The van der Waals surface area contributed by atoms with Crippen molar-refractivity contribution in [1.82, 2.24) is 0 Å². The molecule has 1 aliphatic heterocycles. The van der Waals surface area contributed by atoms with Crippen LogP contribution in [-0.2, 0) is 19.4 Å². The Morgan fingerprint density at radius 2 is 1.67 bits per heavy atom. The van der Waals surface area contributed by atoms with Crippen molar-refractivity contribution >= 4 is 16.2 Å². The molecule has 0 bridgehead atoms. The van der Waals surface area contributed by atoms with Gasteiger partial charge >= 0.3 is 0 Å². The third-order valence-corrected chi connectivity index (χ3v) is 4.18. The van der Waals surface area contributed by atoms with Gasteiger partial charge in [-0.2, -0.15) is 0 Å². The molecule has 0 aromatic carbocycles. The molecule has 0 radical (unpaired) electrons. The van der Waals surface area contributed by atoms with E-state index in [4.69, 9.17) is 0 Å². The zero-order valence-electron chi connectivity index (χ0n) is 13.5. The number of hydrogen-bond acceptors (Lipinski definition) is 5. The van der Waals surface area contributed by atoms with Crippen molar-refractivity contribution in [3.05, 3.63) is 0 Å². The Labute approximate surface area is 129 Å². The van der Waals surface area contributed by atoms with E-state index in [2.05, 4.69) is 18.0 Å². The maximum atomic E-state index is 11.6. The topological polar surface area (TPSA) is 83.5 Å². The fourth-order valence-corrected chi connectivity index (χ4v) is 2.62. The van der Waals surface area contributed by atoms with Crippen LogP contribution in [0.4, 0.5) is 0 Å². The largest absolute Gasteiger partial charge is 0.726 e. The number of piperidine rings is 1. The molecule has 1 fully saturated rings. The van der Waals surface area contributed by atoms with Gasteiger partial charge in [0.2, 0.25) is 10.4 Å². The molecule has 0 N–H and O–H groups in total. The second-order valence-electron chi connectivity index (χ2n) is 5.59. The van der Waals surface area contributed by atoms with Crippen molar-refractivity contribution in [2.45, 2.75) is 52.4 Å². The van der Waals surface area contributed by atoms with Crippen LogP contribution in [0.25, 0.3) is 0 Å². The Kier molecular flexibility index (Phi) is 10.0. The molecule has 1 aliphatic rings. The lowest BCUT2D eigenvalue weighted by atomic mass is 10.0. The van der Waals surface area contributed by atoms with Gasteiger partial charge in [0.25, 0.3) is 0 Å². The first-order chi connectivity index (χ1) is 9.78. The standard InChI is InChI=1S/C13H26NO.CH4O4S/c1-3-5-9-14(10-6-4-2)11-7-8-13(15)12-14;1-5-6(2,3)4/h3-12H2,1-2H3;1H3,(H,2,3,4)/q+1;/p-1. The van der Waals surface area contributed by atoms with Crippen molar-refractivity contribution < 1.29 is 26.4 Å². The van der Waals surface area contributed by atoms with E-state index in [-0.39, 0.29) is 0 Å². The van der Waals surface area contributed by atoms with Crippen LogP contribution in [0.2, 0.25) is 0 Å². The van der Waals surface area contributed by atoms with E-state index in [1.54, 1.807) is 0 Å². The fraction of sp³-hybridized carbons (Fsp3) is 0.929. The molecule has 0 saturated carbocycles. The number of carbonyl (C=O) groups is 1. The summed E-state index contributed by atoms with van der Waals surface area (Å²) in [5.41, 5.74) is 0. The average Bonchev–Trinajstić information content (AvgIpc) is 2.43. The lowest BCUT2D eigenvalue weighted by Crippen LogP contribution is -2.55. The zero-order chi connectivity index (χ0) is 16.4. The SMILES string of the molecule is CCCC[N+]1(CCCC)CCCC(=O)C1.COS(=O)(=O)[O-]. The van der Waals surface area contributed by atoms with Gasteiger partial charge in [-0.25, -0.2) is 8.42 Å². The highest BCUT2D eigenvalue weighted by Gasteiger charge is 2.32. The summed E-state index contributed by atoms with van der Waals surface area (Å²) in [6.45, 7) is 8.99. The number of carbonyl (C=O) groups excluding carboxylic acids is 1. The predicted molar refractivity (Wildman–Crippen MR) is 80.5 cm³/mol. The average molecular weight is 323 g/mol. The molecule has 7 heteroatoms. The van der Waals surface area contributed by atoms with Gasteiger partial charge < -0.3 is 9.04 Å². The molecule has 1 saturated heterocycles. The summed E-state index contributed by atoms with van der Waals surface area (Å²) in [5.74, 6) is 0.494. The molecule has 21 heavy (non-hydrogen) atoms. The minimum atomic E-state index is -4.41. The van der Waals surface area contributed by atoms with Gasteiger partial charge in [0, 0.05) is 12.8 Å². The highest BCUT2D eigenvalue weighted by atomic mass is 32.3. The van der Waals surface area contributed by atoms with Gasteiger partial charge in [-0.1, -0.05) is 26.7 Å². The Morgan fingerprint density at radius 1 is 1.19 bits per heavy atom. The second kappa shape index (κ2) is 10.3. The summed E-state index contributed by atoms with van der Waals surface area (Å²) < 4.78 is 32.1. The van der Waals surface area contributed by atoms with Crippen molar-refractivity contribution in [3.63, 3.8) is 0 Å². The number of ketones is 1. The molecule has 0 aromatic heterocycles. The number of quaternary nitrogens is 1. The minimum Gasteiger partial charge on any atom is -0.726 e. The number of nitrogens with zero attached hydrogens (tertiary/aromatic N) is 1. The van der Waals surface area contributed by atoms with Crippen LogP contribution in [-0.4, -0.2) is 56.5 Å². The molecule has 0 unspecified atom stereocenters. The van der Waals surface area contributed by atoms with Gasteiger partial charge in [0.15, 0.2) is 5.78 Å². The van der Waals surface area contributed by atoms with Crippen molar-refractivity contribution in [3.8, 4) is 0 Å². The van der Waals surface area contributed by atoms with Crippen LogP contribution in [0, 0.1) is 0 Å². The highest BCUT2D eigenvalue weighted by Crippen LogP contribution is 2.19. The fourth-order valence-electron chi connectivity index (χ4n) is 2.62. The van der Waals surface area contributed by atoms with Crippen molar-refractivity contribution in [1.29, 1.82) is 0 Å². The molecular formula is C14H29NO5S. The predicted octanol–water partition coefficient (Wildman–Crippen LogP) is 1.86. The number of Topliss-reactive ketones (excluding diaryl/α,β-unsaturated/α-hetero) is 1. The van der Waals surface area contributed by atoms with Crippen LogP contribution in [0.1, 0.15) is 52.4 Å². The Hall–Kier alpha value is -0.500. The Morgan fingerprint density at radius 3 is 2.00 bits per heavy atom. The summed E-state index contributed by atoms with van der Waals surface area (Å²) in [5, 5.41) is 0. The monoisotopic (exact) mass is 323 g/mol. The number of unbranched alkanes of at least 4 members (excludes halogenated alkanes) is 2. The van der Waals surface area contributed by atoms with E-state index in [1.807, 2.05) is 0 Å². The molecule has 1 rings (SSSR count). The molecule has 6 nitrogen and oxygen atoms in total. The maximum absolute atomic E-state index is 11.6. The number of rotatable bonds is 7. The van der Waals surface area contributed by atoms with E-state index in [0.717, 1.165) is 31.0 Å². The van der Waals surface area contributed by atoms with Gasteiger partial charge in [-0.05, 0) is 12.8 Å². The number of likely N-dealkylation sites (tertiary alicyclic amines) is 1. The lowest BCUT2D eigenvalue weighted by Gasteiger charge is -2.41. The molecule has 0 aliphatic carbocycles. The molecule has 126 valence electrons. The quantitative estimate of drug-likeness (QED) is 0.406. The normalized spacial score (nSPS) is 18.0. The van der Waals surface area contributed by atoms with Crippen LogP contribution in [0.5, 0.6) is 0 Å². The summed E-state index contributed by atoms with van der Waals surface area (Å²) in [6, 6.07) is 0. The highest BCUT2D eigenvalue weighted by molar-refractivity contribution is 7.80. The van der Waals surface area contributed by atoms with Crippen LogP contribution in [0.3, 0.4) is 0 Å². The van der Waals surface area contributed by atoms with Gasteiger partial charge in [0.1, 0.15) is 6.54 Å². The van der Waals surface area contributed by atoms with Crippen molar-refractivity contribution in [2.75, 3.05) is 33.3 Å². The van der Waals surface area contributed by atoms with E-state index in [9.17, 15) is 17.8 Å². The second-order valence-corrected chi connectivity index (χ2v) is 6.74. The molecule has 0 atom stereocenters. The summed E-state index contributed by atoms with van der Waals surface area (Å²) in [7, 11) is -3.60. The molecule has 1 heterocycles. The third kappa shape index (κ3) is 9.95. The zero-order valence-corrected chi connectivity index (χ0v) is 14.3. The molecule has 0 amide bonds. The first kappa shape index (κ1) is 20.5. The van der Waals surface area contributed by atoms with Gasteiger partial charge in [0.05, 0.1) is 26.7 Å². The molecule has 0 aromatic rings. The maximum Gasteiger partial charge on any atom is 0.217 e. The first-order valence-electron chi connectivity index (χ1n) is 7.67.